The molecule has 0 aliphatic heterocycles. The topological polar surface area (TPSA) is 121 Å². The second-order valence-electron chi connectivity index (χ2n) is 9.20. The second kappa shape index (κ2) is 12.8. The molecule has 0 saturated carbocycles. The van der Waals surface area contributed by atoms with Gasteiger partial charge in [-0.25, -0.2) is 4.79 Å². The summed E-state index contributed by atoms with van der Waals surface area (Å²) in [6.07, 6.45) is 1.87. The summed E-state index contributed by atoms with van der Waals surface area (Å²) >= 11 is 0. The van der Waals surface area contributed by atoms with Gasteiger partial charge in [-0.1, -0.05) is 43.7 Å². The van der Waals surface area contributed by atoms with Crippen molar-refractivity contribution in [3.05, 3.63) is 98.7 Å². The number of carbonyl (C=O) groups is 2. The Balaban J connectivity index is 1.73. The van der Waals surface area contributed by atoms with E-state index in [1.54, 1.807) is 48.5 Å². The quantitative estimate of drug-likeness (QED) is 0.279. The van der Waals surface area contributed by atoms with Crippen LogP contribution in [0.3, 0.4) is 0 Å². The fraction of sp³-hybridized carbons (Fsp3) is 0.267. The number of aromatic nitrogens is 2. The molecule has 0 fully saturated rings. The van der Waals surface area contributed by atoms with Crippen molar-refractivity contribution in [1.29, 1.82) is 0 Å². The third kappa shape index (κ3) is 6.23. The lowest BCUT2D eigenvalue weighted by Gasteiger charge is -2.16. The van der Waals surface area contributed by atoms with Crippen molar-refractivity contribution in [3.8, 4) is 11.5 Å². The zero-order chi connectivity index (χ0) is 28.6. The molecule has 1 aromatic heterocycles. The third-order valence-electron chi connectivity index (χ3n) is 6.46. The van der Waals surface area contributed by atoms with E-state index in [-0.39, 0.29) is 29.9 Å². The van der Waals surface area contributed by atoms with Crippen LogP contribution in [0.15, 0.2) is 76.3 Å². The summed E-state index contributed by atoms with van der Waals surface area (Å²) < 4.78 is 13.1. The predicted molar refractivity (Wildman–Crippen MR) is 153 cm³/mol. The molecule has 2 N–H and O–H groups in total. The first-order chi connectivity index (χ1) is 19.4. The Bertz CT molecular complexity index is 1630. The number of hydrogen-bond acceptors (Lipinski definition) is 6. The van der Waals surface area contributed by atoms with Crippen molar-refractivity contribution < 1.29 is 19.1 Å². The maximum absolute atomic E-state index is 13.7. The smallest absolute Gasteiger partial charge is 0.332 e. The highest BCUT2D eigenvalue weighted by molar-refractivity contribution is 5.94. The van der Waals surface area contributed by atoms with Crippen LogP contribution in [0.1, 0.15) is 35.7 Å². The molecule has 0 bridgehead atoms. The molecule has 0 atom stereocenters. The number of rotatable bonds is 11. The molecule has 3 aromatic carbocycles. The second-order valence-corrected chi connectivity index (χ2v) is 9.20. The van der Waals surface area contributed by atoms with Gasteiger partial charge in [0.15, 0.2) is 11.5 Å². The van der Waals surface area contributed by atoms with Gasteiger partial charge in [0, 0.05) is 23.9 Å². The van der Waals surface area contributed by atoms with Gasteiger partial charge in [0.25, 0.3) is 11.5 Å². The van der Waals surface area contributed by atoms with E-state index in [2.05, 4.69) is 10.6 Å². The van der Waals surface area contributed by atoms with Gasteiger partial charge in [-0.05, 0) is 42.3 Å². The molecular weight excluding hydrogens is 512 g/mol. The number of nitrogens with one attached hydrogen (secondary N) is 2. The molecule has 4 rings (SSSR count). The standard InChI is InChI=1S/C30H32N4O6/c1-4-5-15-31-28(36)21-13-11-20(12-14-21)18-34-29(37)23-16-25(39-2)26(40-3)17-24(23)33(30(34)38)19-27(35)32-22-9-7-6-8-10-22/h6-14,16-17H,4-5,15,18-19H2,1-3H3,(H,31,36)(H,32,35). The number of carbonyl (C=O) groups excluding carboxylic acids is 2. The molecule has 10 heteroatoms. The molecule has 10 nitrogen and oxygen atoms in total. The molecular formula is C30H32N4O6. The molecule has 2 amide bonds. The molecule has 208 valence electrons. The zero-order valence-electron chi connectivity index (χ0n) is 22.7. The maximum atomic E-state index is 13.7. The number of fused-ring (bicyclic) bond motifs is 1. The van der Waals surface area contributed by atoms with E-state index in [1.165, 1.54) is 30.9 Å². The Kier molecular flexibility index (Phi) is 9.00. The largest absolute Gasteiger partial charge is 0.493 e. The maximum Gasteiger partial charge on any atom is 0.332 e. The van der Waals surface area contributed by atoms with Gasteiger partial charge in [-0.15, -0.1) is 0 Å². The summed E-state index contributed by atoms with van der Waals surface area (Å²) in [5.74, 6) is 0.0105. The molecule has 1 heterocycles. The minimum atomic E-state index is -0.658. The van der Waals surface area contributed by atoms with E-state index in [9.17, 15) is 19.2 Å². The fourth-order valence-electron chi connectivity index (χ4n) is 4.33. The molecule has 0 saturated heterocycles. The van der Waals surface area contributed by atoms with E-state index < -0.39 is 17.2 Å². The zero-order valence-corrected chi connectivity index (χ0v) is 22.7. The van der Waals surface area contributed by atoms with Crippen LogP contribution >= 0.6 is 0 Å². The third-order valence-corrected chi connectivity index (χ3v) is 6.46. The van der Waals surface area contributed by atoms with Crippen LogP contribution < -0.4 is 31.4 Å². The van der Waals surface area contributed by atoms with E-state index in [0.717, 1.165) is 17.4 Å². The minimum Gasteiger partial charge on any atom is -0.493 e. The highest BCUT2D eigenvalue weighted by atomic mass is 16.5. The first-order valence-electron chi connectivity index (χ1n) is 13.0. The van der Waals surface area contributed by atoms with Gasteiger partial charge in [0.2, 0.25) is 5.91 Å². The number of hydrogen-bond donors (Lipinski definition) is 2. The van der Waals surface area contributed by atoms with Crippen molar-refractivity contribution in [3.63, 3.8) is 0 Å². The number of nitrogens with zero attached hydrogens (tertiary/aromatic N) is 2. The Morgan fingerprint density at radius 1 is 0.875 bits per heavy atom. The number of para-hydroxylation sites is 1. The number of benzene rings is 3. The first kappa shape index (κ1) is 28.2. The highest BCUT2D eigenvalue weighted by Gasteiger charge is 2.19. The summed E-state index contributed by atoms with van der Waals surface area (Å²) in [6.45, 7) is 2.25. The van der Waals surface area contributed by atoms with Crippen molar-refractivity contribution in [2.24, 2.45) is 0 Å². The average molecular weight is 545 g/mol. The number of methoxy groups -OCH3 is 2. The van der Waals surface area contributed by atoms with Crippen LogP contribution in [0.5, 0.6) is 11.5 Å². The number of amides is 2. The van der Waals surface area contributed by atoms with Crippen LogP contribution in [0, 0.1) is 0 Å². The summed E-state index contributed by atoms with van der Waals surface area (Å²) in [5.41, 5.74) is 0.751. The summed E-state index contributed by atoms with van der Waals surface area (Å²) in [7, 11) is 2.90. The number of anilines is 1. The van der Waals surface area contributed by atoms with Crippen LogP contribution in [0.4, 0.5) is 5.69 Å². The molecule has 0 unspecified atom stereocenters. The number of ether oxygens (including phenoxy) is 2. The Morgan fingerprint density at radius 2 is 1.55 bits per heavy atom. The van der Waals surface area contributed by atoms with Gasteiger partial charge in [0.05, 0.1) is 31.7 Å². The van der Waals surface area contributed by atoms with E-state index in [4.69, 9.17) is 9.47 Å². The van der Waals surface area contributed by atoms with Crippen LogP contribution in [0.25, 0.3) is 10.9 Å². The van der Waals surface area contributed by atoms with Crippen LogP contribution in [-0.4, -0.2) is 41.7 Å². The van der Waals surface area contributed by atoms with Crippen molar-refractivity contribution in [1.82, 2.24) is 14.5 Å². The monoisotopic (exact) mass is 544 g/mol. The van der Waals surface area contributed by atoms with E-state index in [0.29, 0.717) is 34.9 Å². The van der Waals surface area contributed by atoms with Crippen molar-refractivity contribution in [2.45, 2.75) is 32.9 Å². The SMILES string of the molecule is CCCCNC(=O)c1ccc(Cn2c(=O)c3cc(OC)c(OC)cc3n(CC(=O)Nc3ccccc3)c2=O)cc1. The molecule has 0 spiro atoms. The minimum absolute atomic E-state index is 0.0556. The highest BCUT2D eigenvalue weighted by Crippen LogP contribution is 2.30. The number of unbranched alkanes of at least 4 members (excludes halogenated alkanes) is 1. The fourth-order valence-corrected chi connectivity index (χ4v) is 4.33. The summed E-state index contributed by atoms with van der Waals surface area (Å²) in [4.78, 5) is 52.6. The molecule has 0 radical (unpaired) electrons. The van der Waals surface area contributed by atoms with Gasteiger partial charge in [-0.2, -0.15) is 0 Å². The lowest BCUT2D eigenvalue weighted by molar-refractivity contribution is -0.116. The molecule has 0 aliphatic carbocycles. The normalized spacial score (nSPS) is 10.8. The van der Waals surface area contributed by atoms with Gasteiger partial charge >= 0.3 is 5.69 Å². The van der Waals surface area contributed by atoms with Crippen molar-refractivity contribution in [2.75, 3.05) is 26.1 Å². The molecule has 4 aromatic rings. The van der Waals surface area contributed by atoms with E-state index in [1.807, 2.05) is 13.0 Å². The van der Waals surface area contributed by atoms with Crippen molar-refractivity contribution >= 4 is 28.4 Å². The van der Waals surface area contributed by atoms with Crippen LogP contribution in [-0.2, 0) is 17.9 Å². The lowest BCUT2D eigenvalue weighted by Crippen LogP contribution is -2.42. The van der Waals surface area contributed by atoms with Gasteiger partial charge in [-0.3, -0.25) is 23.5 Å². The lowest BCUT2D eigenvalue weighted by atomic mass is 10.1. The van der Waals surface area contributed by atoms with Crippen LogP contribution in [0.2, 0.25) is 0 Å². The first-order valence-corrected chi connectivity index (χ1v) is 13.0. The predicted octanol–water partition coefficient (Wildman–Crippen LogP) is 3.40. The van der Waals surface area contributed by atoms with Gasteiger partial charge in [0.1, 0.15) is 6.54 Å². The molecule has 40 heavy (non-hydrogen) atoms. The summed E-state index contributed by atoms with van der Waals surface area (Å²) in [5, 5.41) is 5.83. The Labute approximate surface area is 231 Å². The average Bonchev–Trinajstić information content (AvgIpc) is 2.97. The Morgan fingerprint density at radius 3 is 2.20 bits per heavy atom. The Hall–Kier alpha value is -4.86. The van der Waals surface area contributed by atoms with Gasteiger partial charge < -0.3 is 20.1 Å². The molecule has 0 aliphatic rings. The van der Waals surface area contributed by atoms with E-state index >= 15 is 0 Å². The summed E-state index contributed by atoms with van der Waals surface area (Å²) in [6, 6.07) is 18.6.